The molecule has 1 heterocycles. The van der Waals surface area contributed by atoms with Crippen LogP contribution >= 0.6 is 0 Å². The number of piperazine rings is 1. The number of hydrogen-bond acceptors (Lipinski definition) is 3. The summed E-state index contributed by atoms with van der Waals surface area (Å²) >= 11 is 0. The average molecular weight is 234 g/mol. The van der Waals surface area contributed by atoms with Crippen LogP contribution in [0.2, 0.25) is 0 Å². The summed E-state index contributed by atoms with van der Waals surface area (Å²) < 4.78 is 0. The Morgan fingerprint density at radius 3 is 2.71 bits per heavy atom. The van der Waals surface area contributed by atoms with E-state index in [2.05, 4.69) is 42.3 Å². The van der Waals surface area contributed by atoms with Crippen molar-refractivity contribution in [3.63, 3.8) is 0 Å². The maximum Gasteiger partial charge on any atom is 0.0451 e. The highest BCUT2D eigenvalue weighted by Crippen LogP contribution is 2.27. The number of aliphatic hydroxyl groups excluding tert-OH is 1. The molecule has 0 saturated carbocycles. The van der Waals surface area contributed by atoms with Crippen LogP contribution in [0, 0.1) is 13.8 Å². The highest BCUT2D eigenvalue weighted by Gasteiger charge is 2.23. The normalized spacial score (nSPS) is 20.6. The van der Waals surface area contributed by atoms with Gasteiger partial charge < -0.3 is 15.3 Å². The Morgan fingerprint density at radius 1 is 1.35 bits per heavy atom. The van der Waals surface area contributed by atoms with E-state index in [9.17, 15) is 0 Å². The third-order valence-corrected chi connectivity index (χ3v) is 3.54. The van der Waals surface area contributed by atoms with Crippen molar-refractivity contribution < 1.29 is 5.11 Å². The fraction of sp³-hybridized carbons (Fsp3) is 0.571. The van der Waals surface area contributed by atoms with E-state index < -0.39 is 0 Å². The Hall–Kier alpha value is -1.06. The van der Waals surface area contributed by atoms with Crippen LogP contribution in [0.25, 0.3) is 0 Å². The van der Waals surface area contributed by atoms with Gasteiger partial charge in [-0.3, -0.25) is 0 Å². The molecule has 0 radical (unpaired) electrons. The summed E-state index contributed by atoms with van der Waals surface area (Å²) in [6.07, 6.45) is 0.834. The second-order valence-electron chi connectivity index (χ2n) is 4.80. The summed E-state index contributed by atoms with van der Waals surface area (Å²) in [6, 6.07) is 6.85. The quantitative estimate of drug-likeness (QED) is 0.831. The van der Waals surface area contributed by atoms with Crippen LogP contribution in [-0.2, 0) is 0 Å². The first-order chi connectivity index (χ1) is 8.24. The number of nitrogens with one attached hydrogen (secondary N) is 1. The van der Waals surface area contributed by atoms with Crippen LogP contribution in [0.15, 0.2) is 18.2 Å². The lowest BCUT2D eigenvalue weighted by Gasteiger charge is -2.39. The lowest BCUT2D eigenvalue weighted by atomic mass is 10.0. The molecule has 1 aromatic carbocycles. The highest BCUT2D eigenvalue weighted by molar-refractivity contribution is 5.59. The molecule has 1 fully saturated rings. The molecule has 3 heteroatoms. The van der Waals surface area contributed by atoms with E-state index >= 15 is 0 Å². The second-order valence-corrected chi connectivity index (χ2v) is 4.80. The van der Waals surface area contributed by atoms with Gasteiger partial charge in [0.05, 0.1) is 0 Å². The maximum absolute atomic E-state index is 9.17. The number of nitrogens with zero attached hydrogens (tertiary/aromatic N) is 1. The van der Waals surface area contributed by atoms with Gasteiger partial charge in [-0.05, 0) is 31.4 Å². The molecule has 2 N–H and O–H groups in total. The van der Waals surface area contributed by atoms with E-state index in [0.29, 0.717) is 6.04 Å². The van der Waals surface area contributed by atoms with Gasteiger partial charge in [0.1, 0.15) is 0 Å². The third-order valence-electron chi connectivity index (χ3n) is 3.54. The molecular weight excluding hydrogens is 212 g/mol. The van der Waals surface area contributed by atoms with E-state index in [1.54, 1.807) is 0 Å². The molecule has 1 aliphatic rings. The molecular formula is C14H22N2O. The predicted octanol–water partition coefficient (Wildman–Crippen LogP) is 1.46. The van der Waals surface area contributed by atoms with Crippen molar-refractivity contribution in [2.75, 3.05) is 31.1 Å². The Bertz CT molecular complexity index is 356. The van der Waals surface area contributed by atoms with Crippen molar-refractivity contribution in [2.24, 2.45) is 0 Å². The standard InChI is InChI=1S/C14H22N2O/c1-11-4-3-5-12(2)14(11)16-8-7-15-10-13(16)6-9-17/h3-5,13,15,17H,6-10H2,1-2H3. The molecule has 2 rings (SSSR count). The molecule has 17 heavy (non-hydrogen) atoms. The lowest BCUT2D eigenvalue weighted by molar-refractivity contribution is 0.266. The molecule has 1 atom stereocenters. The minimum absolute atomic E-state index is 0.258. The zero-order chi connectivity index (χ0) is 12.3. The van der Waals surface area contributed by atoms with Gasteiger partial charge in [-0.2, -0.15) is 0 Å². The van der Waals surface area contributed by atoms with Gasteiger partial charge in [0.15, 0.2) is 0 Å². The summed E-state index contributed by atoms with van der Waals surface area (Å²) in [7, 11) is 0. The first-order valence-electron chi connectivity index (χ1n) is 6.38. The SMILES string of the molecule is Cc1cccc(C)c1N1CCNCC1CCO. The number of rotatable bonds is 3. The van der Waals surface area contributed by atoms with Gasteiger partial charge in [-0.1, -0.05) is 18.2 Å². The number of aryl methyl sites for hydroxylation is 2. The Kier molecular flexibility index (Phi) is 4.02. The first kappa shape index (κ1) is 12.4. The number of benzene rings is 1. The molecule has 0 spiro atoms. The van der Waals surface area contributed by atoms with E-state index in [4.69, 9.17) is 5.11 Å². The van der Waals surface area contributed by atoms with E-state index in [0.717, 1.165) is 26.1 Å². The predicted molar refractivity (Wildman–Crippen MR) is 71.6 cm³/mol. The van der Waals surface area contributed by atoms with Gasteiger partial charge in [0.2, 0.25) is 0 Å². The van der Waals surface area contributed by atoms with Gasteiger partial charge in [-0.25, -0.2) is 0 Å². The fourth-order valence-corrected chi connectivity index (χ4v) is 2.72. The molecule has 0 bridgehead atoms. The zero-order valence-corrected chi connectivity index (χ0v) is 10.7. The number of para-hydroxylation sites is 1. The van der Waals surface area contributed by atoms with Crippen molar-refractivity contribution in [2.45, 2.75) is 26.3 Å². The van der Waals surface area contributed by atoms with Crippen LogP contribution in [0.5, 0.6) is 0 Å². The number of hydrogen-bond donors (Lipinski definition) is 2. The van der Waals surface area contributed by atoms with E-state index in [1.165, 1.54) is 16.8 Å². The Balaban J connectivity index is 2.29. The van der Waals surface area contributed by atoms with Crippen LogP contribution in [0.1, 0.15) is 17.5 Å². The lowest BCUT2D eigenvalue weighted by Crippen LogP contribution is -2.52. The number of aliphatic hydroxyl groups is 1. The van der Waals surface area contributed by atoms with Gasteiger partial charge in [0, 0.05) is 38.0 Å². The van der Waals surface area contributed by atoms with Crippen molar-refractivity contribution in [1.82, 2.24) is 5.32 Å². The average Bonchev–Trinajstić information content (AvgIpc) is 2.31. The molecule has 94 valence electrons. The van der Waals surface area contributed by atoms with Crippen molar-refractivity contribution in [3.8, 4) is 0 Å². The maximum atomic E-state index is 9.17. The Morgan fingerprint density at radius 2 is 2.06 bits per heavy atom. The highest BCUT2D eigenvalue weighted by atomic mass is 16.3. The summed E-state index contributed by atoms with van der Waals surface area (Å²) in [5, 5.41) is 12.6. The summed E-state index contributed by atoms with van der Waals surface area (Å²) in [5.74, 6) is 0. The van der Waals surface area contributed by atoms with Crippen LogP contribution in [0.3, 0.4) is 0 Å². The van der Waals surface area contributed by atoms with E-state index in [1.807, 2.05) is 0 Å². The molecule has 3 nitrogen and oxygen atoms in total. The topological polar surface area (TPSA) is 35.5 Å². The minimum atomic E-state index is 0.258. The molecule has 0 amide bonds. The minimum Gasteiger partial charge on any atom is -0.396 e. The van der Waals surface area contributed by atoms with Gasteiger partial charge >= 0.3 is 0 Å². The van der Waals surface area contributed by atoms with Gasteiger partial charge in [0.25, 0.3) is 0 Å². The molecule has 1 saturated heterocycles. The van der Waals surface area contributed by atoms with Crippen molar-refractivity contribution in [1.29, 1.82) is 0 Å². The molecule has 0 aromatic heterocycles. The van der Waals surface area contributed by atoms with Gasteiger partial charge in [-0.15, -0.1) is 0 Å². The van der Waals surface area contributed by atoms with E-state index in [-0.39, 0.29) is 6.61 Å². The third kappa shape index (κ3) is 2.61. The first-order valence-corrected chi connectivity index (χ1v) is 6.38. The molecule has 1 aliphatic heterocycles. The van der Waals surface area contributed by atoms with Crippen LogP contribution < -0.4 is 10.2 Å². The molecule has 1 unspecified atom stereocenters. The fourth-order valence-electron chi connectivity index (χ4n) is 2.72. The van der Waals surface area contributed by atoms with Crippen LogP contribution in [-0.4, -0.2) is 37.4 Å². The summed E-state index contributed by atoms with van der Waals surface area (Å²) in [4.78, 5) is 2.46. The monoisotopic (exact) mass is 234 g/mol. The second kappa shape index (κ2) is 5.52. The summed E-state index contributed by atoms with van der Waals surface area (Å²) in [6.45, 7) is 7.61. The number of anilines is 1. The molecule has 0 aliphatic carbocycles. The largest absolute Gasteiger partial charge is 0.396 e. The van der Waals surface area contributed by atoms with Crippen LogP contribution in [0.4, 0.5) is 5.69 Å². The van der Waals surface area contributed by atoms with Crippen molar-refractivity contribution >= 4 is 5.69 Å². The van der Waals surface area contributed by atoms with Crippen molar-refractivity contribution in [3.05, 3.63) is 29.3 Å². The zero-order valence-electron chi connectivity index (χ0n) is 10.7. The smallest absolute Gasteiger partial charge is 0.0451 e. The summed E-state index contributed by atoms with van der Waals surface area (Å²) in [5.41, 5.74) is 4.01. The molecule has 1 aromatic rings. The Labute approximate surface area is 103 Å².